The van der Waals surface area contributed by atoms with Crippen molar-refractivity contribution in [3.8, 4) is 0 Å². The Morgan fingerprint density at radius 2 is 2.00 bits per heavy atom. The lowest BCUT2D eigenvalue weighted by molar-refractivity contribution is -0.121. The zero-order valence-corrected chi connectivity index (χ0v) is 14.0. The highest BCUT2D eigenvalue weighted by atomic mass is 16.3. The zero-order chi connectivity index (χ0) is 16.8. The van der Waals surface area contributed by atoms with Gasteiger partial charge in [-0.05, 0) is 30.9 Å². The number of aliphatic hydroxyl groups excluding tert-OH is 1. The first-order valence-corrected chi connectivity index (χ1v) is 7.97. The van der Waals surface area contributed by atoms with Crippen LogP contribution in [-0.4, -0.2) is 33.9 Å². The molecule has 0 unspecified atom stereocenters. The van der Waals surface area contributed by atoms with Gasteiger partial charge in [0.05, 0.1) is 11.8 Å². The smallest absolute Gasteiger partial charge is 0.220 e. The predicted molar refractivity (Wildman–Crippen MR) is 90.3 cm³/mol. The molecular formula is C18H25N3O2. The molecule has 0 aliphatic heterocycles. The quantitative estimate of drug-likeness (QED) is 0.733. The third kappa shape index (κ3) is 4.93. The van der Waals surface area contributed by atoms with Gasteiger partial charge in [0, 0.05) is 25.1 Å². The molecule has 1 heterocycles. The second-order valence-electron chi connectivity index (χ2n) is 6.10. The number of aromatic nitrogens is 2. The van der Waals surface area contributed by atoms with Gasteiger partial charge in [0.1, 0.15) is 0 Å². The molecule has 5 heteroatoms. The van der Waals surface area contributed by atoms with Gasteiger partial charge in [-0.2, -0.15) is 5.10 Å². The monoisotopic (exact) mass is 315 g/mol. The lowest BCUT2D eigenvalue weighted by atomic mass is 9.95. The minimum Gasteiger partial charge on any atom is -0.391 e. The first-order valence-electron chi connectivity index (χ1n) is 7.97. The molecule has 1 amide bonds. The van der Waals surface area contributed by atoms with E-state index in [1.54, 1.807) is 0 Å². The predicted octanol–water partition coefficient (Wildman–Crippen LogP) is 2.24. The first kappa shape index (κ1) is 17.2. The van der Waals surface area contributed by atoms with Crippen molar-refractivity contribution in [2.24, 2.45) is 0 Å². The van der Waals surface area contributed by atoms with E-state index in [2.05, 4.69) is 15.5 Å². The van der Waals surface area contributed by atoms with Crippen molar-refractivity contribution >= 4 is 5.91 Å². The third-order valence-electron chi connectivity index (χ3n) is 4.02. The van der Waals surface area contributed by atoms with Gasteiger partial charge in [-0.15, -0.1) is 0 Å². The van der Waals surface area contributed by atoms with Crippen molar-refractivity contribution in [3.05, 3.63) is 52.8 Å². The van der Waals surface area contributed by atoms with E-state index in [0.29, 0.717) is 12.8 Å². The molecule has 0 bridgehead atoms. The van der Waals surface area contributed by atoms with Gasteiger partial charge in [-0.1, -0.05) is 37.3 Å². The minimum absolute atomic E-state index is 0.0513. The van der Waals surface area contributed by atoms with Crippen LogP contribution >= 0.6 is 0 Å². The maximum Gasteiger partial charge on any atom is 0.220 e. The van der Waals surface area contributed by atoms with Crippen LogP contribution in [0.15, 0.2) is 30.3 Å². The maximum absolute atomic E-state index is 12.1. The largest absolute Gasteiger partial charge is 0.391 e. The number of nitrogens with one attached hydrogen (secondary N) is 2. The Labute approximate surface area is 137 Å². The van der Waals surface area contributed by atoms with Gasteiger partial charge < -0.3 is 10.4 Å². The lowest BCUT2D eigenvalue weighted by Gasteiger charge is -2.15. The van der Waals surface area contributed by atoms with E-state index in [-0.39, 0.29) is 18.4 Å². The summed E-state index contributed by atoms with van der Waals surface area (Å²) in [5.74, 6) is 0.0460. The Hall–Kier alpha value is -2.14. The summed E-state index contributed by atoms with van der Waals surface area (Å²) < 4.78 is 0. The molecule has 23 heavy (non-hydrogen) atoms. The van der Waals surface area contributed by atoms with Crippen molar-refractivity contribution in [2.45, 2.75) is 45.6 Å². The standard InChI is InChI=1S/C18H25N3O2/c1-12(18-13(2)20-21-14(18)3)9-17(23)19-11-16(22)10-15-7-5-4-6-8-15/h4-8,12,16,22H,9-11H2,1-3H3,(H,19,23)(H,20,21)/t12-,16-/m1/s1. The number of carbonyl (C=O) groups is 1. The molecule has 1 aromatic carbocycles. The highest BCUT2D eigenvalue weighted by Crippen LogP contribution is 2.24. The van der Waals surface area contributed by atoms with Gasteiger partial charge in [0.2, 0.25) is 5.91 Å². The van der Waals surface area contributed by atoms with Gasteiger partial charge >= 0.3 is 0 Å². The molecular weight excluding hydrogens is 290 g/mol. The molecule has 5 nitrogen and oxygen atoms in total. The fraction of sp³-hybridized carbons (Fsp3) is 0.444. The molecule has 0 radical (unpaired) electrons. The molecule has 1 aromatic heterocycles. The van der Waals surface area contributed by atoms with E-state index >= 15 is 0 Å². The van der Waals surface area contributed by atoms with Crippen molar-refractivity contribution in [1.82, 2.24) is 15.5 Å². The number of hydrogen-bond acceptors (Lipinski definition) is 3. The third-order valence-corrected chi connectivity index (χ3v) is 4.02. The van der Waals surface area contributed by atoms with Crippen molar-refractivity contribution in [3.63, 3.8) is 0 Å². The average molecular weight is 315 g/mol. The normalized spacial score (nSPS) is 13.6. The van der Waals surface area contributed by atoms with Gasteiger partial charge in [-0.25, -0.2) is 0 Å². The number of H-pyrrole nitrogens is 1. The van der Waals surface area contributed by atoms with E-state index in [4.69, 9.17) is 0 Å². The summed E-state index contributed by atoms with van der Waals surface area (Å²) in [7, 11) is 0. The highest BCUT2D eigenvalue weighted by Gasteiger charge is 2.18. The number of nitrogens with zero attached hydrogens (tertiary/aromatic N) is 1. The van der Waals surface area contributed by atoms with Crippen molar-refractivity contribution < 1.29 is 9.90 Å². The maximum atomic E-state index is 12.1. The van der Waals surface area contributed by atoms with Crippen molar-refractivity contribution in [2.75, 3.05) is 6.54 Å². The van der Waals surface area contributed by atoms with Gasteiger partial charge in [-0.3, -0.25) is 9.89 Å². The fourth-order valence-electron chi connectivity index (χ4n) is 2.93. The summed E-state index contributed by atoms with van der Waals surface area (Å²) in [4.78, 5) is 12.1. The Morgan fingerprint density at radius 1 is 1.30 bits per heavy atom. The van der Waals surface area contributed by atoms with Crippen LogP contribution in [0.1, 0.15) is 41.8 Å². The number of aryl methyl sites for hydroxylation is 2. The molecule has 0 saturated carbocycles. The number of benzene rings is 1. The second kappa shape index (κ2) is 7.92. The molecule has 124 valence electrons. The van der Waals surface area contributed by atoms with Crippen LogP contribution in [0.2, 0.25) is 0 Å². The molecule has 0 aliphatic carbocycles. The lowest BCUT2D eigenvalue weighted by Crippen LogP contribution is -2.33. The molecule has 0 aliphatic rings. The van der Waals surface area contributed by atoms with E-state index in [9.17, 15) is 9.90 Å². The summed E-state index contributed by atoms with van der Waals surface area (Å²) in [5, 5.41) is 20.0. The number of amides is 1. The van der Waals surface area contributed by atoms with Crippen LogP contribution in [0.4, 0.5) is 0 Å². The molecule has 0 fully saturated rings. The van der Waals surface area contributed by atoms with E-state index in [0.717, 1.165) is 22.5 Å². The van der Waals surface area contributed by atoms with E-state index in [1.165, 1.54) is 0 Å². The van der Waals surface area contributed by atoms with Gasteiger partial charge in [0.25, 0.3) is 0 Å². The summed E-state index contributed by atoms with van der Waals surface area (Å²) in [6.07, 6.45) is 0.352. The topological polar surface area (TPSA) is 78.0 Å². The minimum atomic E-state index is -0.575. The van der Waals surface area contributed by atoms with Crippen LogP contribution < -0.4 is 5.32 Å². The van der Waals surface area contributed by atoms with Crippen LogP contribution in [0.5, 0.6) is 0 Å². The number of aliphatic hydroxyl groups is 1. The van der Waals surface area contributed by atoms with E-state index in [1.807, 2.05) is 51.1 Å². The first-order chi connectivity index (χ1) is 11.0. The Bertz CT molecular complexity index is 617. The summed E-state index contributed by atoms with van der Waals surface area (Å²) in [6, 6.07) is 9.77. The Kier molecular flexibility index (Phi) is 5.93. The summed E-state index contributed by atoms with van der Waals surface area (Å²) in [5.41, 5.74) is 4.11. The van der Waals surface area contributed by atoms with E-state index < -0.39 is 6.10 Å². The average Bonchev–Trinajstić information content (AvgIpc) is 2.85. The fourth-order valence-corrected chi connectivity index (χ4v) is 2.93. The molecule has 0 saturated heterocycles. The number of rotatable bonds is 7. The summed E-state index contributed by atoms with van der Waals surface area (Å²) in [6.45, 7) is 6.19. The van der Waals surface area contributed by atoms with Crippen LogP contribution in [0.25, 0.3) is 0 Å². The SMILES string of the molecule is Cc1n[nH]c(C)c1[C@H](C)CC(=O)NC[C@H](O)Cc1ccccc1. The molecule has 2 atom stereocenters. The second-order valence-corrected chi connectivity index (χ2v) is 6.10. The molecule has 2 aromatic rings. The summed E-state index contributed by atoms with van der Waals surface area (Å²) >= 11 is 0. The number of carbonyl (C=O) groups excluding carboxylic acids is 1. The highest BCUT2D eigenvalue weighted by molar-refractivity contribution is 5.76. The number of aromatic amines is 1. The Balaban J connectivity index is 1.79. The molecule has 2 rings (SSSR count). The van der Waals surface area contributed by atoms with Crippen LogP contribution in [0, 0.1) is 13.8 Å². The zero-order valence-electron chi connectivity index (χ0n) is 14.0. The number of hydrogen-bond donors (Lipinski definition) is 3. The van der Waals surface area contributed by atoms with Crippen LogP contribution in [-0.2, 0) is 11.2 Å². The molecule has 3 N–H and O–H groups in total. The van der Waals surface area contributed by atoms with Crippen molar-refractivity contribution in [1.29, 1.82) is 0 Å². The Morgan fingerprint density at radius 3 is 2.61 bits per heavy atom. The van der Waals surface area contributed by atoms with Crippen LogP contribution in [0.3, 0.4) is 0 Å². The van der Waals surface area contributed by atoms with Gasteiger partial charge in [0.15, 0.2) is 0 Å². The molecule has 0 spiro atoms.